The molecule has 4 rings (SSSR count). The predicted octanol–water partition coefficient (Wildman–Crippen LogP) is 5.65. The average molecular weight is 649 g/mol. The SMILES string of the molecule is CNC(=O)C(Cc1ccccc1)N(Cc1cccc(Br)c1)C(=O)CN(c1ccc(C)c(C)c1)S(=O)(=O)c1ccccc1. The number of anilines is 1. The number of carbonyl (C=O) groups is 2. The number of nitrogens with zero attached hydrogens (tertiary/aromatic N) is 2. The van der Waals surface area contributed by atoms with Gasteiger partial charge in [-0.15, -0.1) is 0 Å². The molecule has 1 N–H and O–H groups in total. The van der Waals surface area contributed by atoms with E-state index >= 15 is 0 Å². The van der Waals surface area contributed by atoms with Gasteiger partial charge in [0.1, 0.15) is 12.6 Å². The Morgan fingerprint density at radius 1 is 0.810 bits per heavy atom. The maximum atomic E-state index is 14.3. The molecular weight excluding hydrogens is 614 g/mol. The Morgan fingerprint density at radius 2 is 1.45 bits per heavy atom. The molecule has 0 saturated carbocycles. The quantitative estimate of drug-likeness (QED) is 0.228. The molecule has 0 aromatic heterocycles. The lowest BCUT2D eigenvalue weighted by atomic mass is 10.0. The minimum absolute atomic E-state index is 0.0710. The number of likely N-dealkylation sites (N-methyl/N-ethyl adjacent to an activating group) is 1. The van der Waals surface area contributed by atoms with Crippen LogP contribution in [-0.2, 0) is 32.6 Å². The number of hydrogen-bond donors (Lipinski definition) is 1. The molecule has 0 aliphatic carbocycles. The van der Waals surface area contributed by atoms with E-state index in [0.717, 1.165) is 31.0 Å². The van der Waals surface area contributed by atoms with Crippen LogP contribution in [0.5, 0.6) is 0 Å². The molecule has 1 atom stereocenters. The van der Waals surface area contributed by atoms with E-state index in [-0.39, 0.29) is 23.8 Å². The molecule has 0 radical (unpaired) electrons. The maximum Gasteiger partial charge on any atom is 0.264 e. The molecule has 1 unspecified atom stereocenters. The predicted molar refractivity (Wildman–Crippen MR) is 170 cm³/mol. The summed E-state index contributed by atoms with van der Waals surface area (Å²) in [7, 11) is -2.59. The minimum atomic E-state index is -4.12. The smallest absolute Gasteiger partial charge is 0.264 e. The van der Waals surface area contributed by atoms with Crippen LogP contribution in [0, 0.1) is 13.8 Å². The van der Waals surface area contributed by atoms with Gasteiger partial charge in [-0.2, -0.15) is 0 Å². The summed E-state index contributed by atoms with van der Waals surface area (Å²) in [4.78, 5) is 29.2. The lowest BCUT2D eigenvalue weighted by molar-refractivity contribution is -0.139. The second-order valence-electron chi connectivity index (χ2n) is 10.1. The Kier molecular flexibility index (Phi) is 10.2. The van der Waals surface area contributed by atoms with E-state index in [9.17, 15) is 18.0 Å². The number of rotatable bonds is 11. The van der Waals surface area contributed by atoms with Gasteiger partial charge in [0.25, 0.3) is 10.0 Å². The number of nitrogens with one attached hydrogen (secondary N) is 1. The zero-order valence-electron chi connectivity index (χ0n) is 23.8. The summed E-state index contributed by atoms with van der Waals surface area (Å²) < 4.78 is 30.0. The van der Waals surface area contributed by atoms with Gasteiger partial charge in [0.2, 0.25) is 11.8 Å². The molecule has 0 spiro atoms. The Hall–Kier alpha value is -3.95. The number of hydrogen-bond acceptors (Lipinski definition) is 4. The monoisotopic (exact) mass is 647 g/mol. The summed E-state index contributed by atoms with van der Waals surface area (Å²) >= 11 is 3.49. The van der Waals surface area contributed by atoms with Gasteiger partial charge >= 0.3 is 0 Å². The Labute approximate surface area is 256 Å². The normalized spacial score (nSPS) is 11.9. The van der Waals surface area contributed by atoms with E-state index in [4.69, 9.17) is 0 Å². The zero-order chi connectivity index (χ0) is 30.3. The first-order valence-corrected chi connectivity index (χ1v) is 15.8. The number of carbonyl (C=O) groups excluding carboxylic acids is 2. The first-order valence-electron chi connectivity index (χ1n) is 13.5. The van der Waals surface area contributed by atoms with Crippen molar-refractivity contribution in [2.75, 3.05) is 17.9 Å². The van der Waals surface area contributed by atoms with Crippen LogP contribution in [0.4, 0.5) is 5.69 Å². The number of amides is 2. The molecule has 2 amide bonds. The highest BCUT2D eigenvalue weighted by atomic mass is 79.9. The van der Waals surface area contributed by atoms with Gasteiger partial charge in [0.05, 0.1) is 10.6 Å². The molecule has 0 aliphatic rings. The number of benzene rings is 4. The van der Waals surface area contributed by atoms with Crippen molar-refractivity contribution in [1.29, 1.82) is 0 Å². The minimum Gasteiger partial charge on any atom is -0.357 e. The third-order valence-electron chi connectivity index (χ3n) is 7.15. The molecule has 0 aliphatic heterocycles. The van der Waals surface area contributed by atoms with Crippen LogP contribution in [0.15, 0.2) is 112 Å². The largest absolute Gasteiger partial charge is 0.357 e. The van der Waals surface area contributed by atoms with E-state index in [1.165, 1.54) is 24.1 Å². The summed E-state index contributed by atoms with van der Waals surface area (Å²) in [5.41, 5.74) is 3.94. The fourth-order valence-corrected chi connectivity index (χ4v) is 6.56. The van der Waals surface area contributed by atoms with Gasteiger partial charge in [-0.05, 0) is 72.5 Å². The van der Waals surface area contributed by atoms with E-state index in [1.54, 1.807) is 30.3 Å². The summed E-state index contributed by atoms with van der Waals surface area (Å²) in [5.74, 6) is -0.844. The molecule has 0 heterocycles. The van der Waals surface area contributed by atoms with Crippen molar-refractivity contribution in [3.8, 4) is 0 Å². The van der Waals surface area contributed by atoms with Crippen LogP contribution in [0.1, 0.15) is 22.3 Å². The Bertz CT molecular complexity index is 1650. The summed E-state index contributed by atoms with van der Waals surface area (Å²) in [6.07, 6.45) is 0.259. The van der Waals surface area contributed by atoms with Crippen molar-refractivity contribution in [3.63, 3.8) is 0 Å². The third kappa shape index (κ3) is 7.46. The van der Waals surface area contributed by atoms with Crippen LogP contribution in [0.2, 0.25) is 0 Å². The molecule has 0 saturated heterocycles. The highest BCUT2D eigenvalue weighted by Gasteiger charge is 2.34. The standard InChI is InChI=1S/C33H34BrN3O4S/c1-24-17-18-29(19-25(24)2)37(42(40,41)30-15-8-5-9-16-30)23-32(38)36(22-27-13-10-14-28(34)20-27)31(33(39)35-3)21-26-11-6-4-7-12-26/h4-20,31H,21-23H2,1-3H3,(H,35,39). The van der Waals surface area contributed by atoms with Crippen molar-refractivity contribution >= 4 is 43.5 Å². The zero-order valence-corrected chi connectivity index (χ0v) is 26.2. The second-order valence-corrected chi connectivity index (χ2v) is 12.8. The molecule has 4 aromatic carbocycles. The van der Waals surface area contributed by atoms with Crippen LogP contribution in [0.3, 0.4) is 0 Å². The van der Waals surface area contributed by atoms with E-state index in [2.05, 4.69) is 21.2 Å². The van der Waals surface area contributed by atoms with Gasteiger partial charge in [0, 0.05) is 24.5 Å². The van der Waals surface area contributed by atoms with Gasteiger partial charge in [-0.25, -0.2) is 8.42 Å². The van der Waals surface area contributed by atoms with Gasteiger partial charge in [0.15, 0.2) is 0 Å². The van der Waals surface area contributed by atoms with Crippen molar-refractivity contribution < 1.29 is 18.0 Å². The lowest BCUT2D eigenvalue weighted by Crippen LogP contribution is -2.53. The van der Waals surface area contributed by atoms with Crippen LogP contribution < -0.4 is 9.62 Å². The summed E-state index contributed by atoms with van der Waals surface area (Å²) in [6.45, 7) is 3.46. The molecule has 218 valence electrons. The van der Waals surface area contributed by atoms with E-state index in [0.29, 0.717) is 5.69 Å². The van der Waals surface area contributed by atoms with Gasteiger partial charge < -0.3 is 10.2 Å². The first kappa shape index (κ1) is 31.0. The first-order chi connectivity index (χ1) is 20.1. The van der Waals surface area contributed by atoms with Crippen molar-refractivity contribution in [2.45, 2.75) is 37.8 Å². The topological polar surface area (TPSA) is 86.8 Å². The van der Waals surface area contributed by atoms with E-state index < -0.39 is 28.5 Å². The highest BCUT2D eigenvalue weighted by Crippen LogP contribution is 2.27. The Balaban J connectivity index is 1.80. The fraction of sp³-hybridized carbons (Fsp3) is 0.212. The fourth-order valence-electron chi connectivity index (χ4n) is 4.68. The number of halogens is 1. The number of aryl methyl sites for hydroxylation is 2. The molecule has 7 nitrogen and oxygen atoms in total. The molecular formula is C33H34BrN3O4S. The average Bonchev–Trinajstić information content (AvgIpc) is 2.99. The third-order valence-corrected chi connectivity index (χ3v) is 9.43. The van der Waals surface area contributed by atoms with Gasteiger partial charge in [-0.3, -0.25) is 13.9 Å². The lowest BCUT2D eigenvalue weighted by Gasteiger charge is -2.33. The van der Waals surface area contributed by atoms with Crippen LogP contribution >= 0.6 is 15.9 Å². The molecule has 4 aromatic rings. The van der Waals surface area contributed by atoms with Crippen molar-refractivity contribution in [2.24, 2.45) is 0 Å². The molecule has 42 heavy (non-hydrogen) atoms. The Morgan fingerprint density at radius 3 is 2.07 bits per heavy atom. The molecule has 0 fully saturated rings. The van der Waals surface area contributed by atoms with Crippen molar-refractivity contribution in [3.05, 3.63) is 130 Å². The molecule has 9 heteroatoms. The second kappa shape index (κ2) is 13.8. The maximum absolute atomic E-state index is 14.3. The van der Waals surface area contributed by atoms with Gasteiger partial charge in [-0.1, -0.05) is 82.7 Å². The number of sulfonamides is 1. The highest BCUT2D eigenvalue weighted by molar-refractivity contribution is 9.10. The van der Waals surface area contributed by atoms with Crippen LogP contribution in [0.25, 0.3) is 0 Å². The molecule has 0 bridgehead atoms. The van der Waals surface area contributed by atoms with Crippen molar-refractivity contribution in [1.82, 2.24) is 10.2 Å². The van der Waals surface area contributed by atoms with E-state index in [1.807, 2.05) is 74.5 Å². The summed E-state index contributed by atoms with van der Waals surface area (Å²) in [6, 6.07) is 29.4. The summed E-state index contributed by atoms with van der Waals surface area (Å²) in [5, 5.41) is 2.70. The van der Waals surface area contributed by atoms with Crippen LogP contribution in [-0.4, -0.2) is 44.8 Å².